The fourth-order valence-electron chi connectivity index (χ4n) is 3.78. The maximum absolute atomic E-state index is 13.3. The van der Waals surface area contributed by atoms with E-state index >= 15 is 0 Å². The number of Topliss-reactive ketones (excluding diaryl/α,β-unsaturated/α-hetero) is 1. The molecule has 0 N–H and O–H groups in total. The third-order valence-electron chi connectivity index (χ3n) is 5.77. The second-order valence-electron chi connectivity index (χ2n) is 7.43. The number of hydrogen-bond acceptors (Lipinski definition) is 5. The number of carbonyl (C=O) groups excluding carboxylic acids is 1. The minimum Gasteiger partial charge on any atom is -0.497 e. The molecule has 0 radical (unpaired) electrons. The molecule has 9 heteroatoms. The average molecular weight is 409 g/mol. The van der Waals surface area contributed by atoms with Crippen molar-refractivity contribution in [2.24, 2.45) is 7.05 Å². The van der Waals surface area contributed by atoms with Gasteiger partial charge >= 0.3 is 5.69 Å². The first-order valence-corrected chi connectivity index (χ1v) is 9.55. The van der Waals surface area contributed by atoms with Gasteiger partial charge in [0.1, 0.15) is 5.75 Å². The standard InChI is InChI=1S/C21H23N5O4/c1-11-12(2)25-17-18(23(5)21(29)26(19(17)28)13(3)14(4)27)22-20(25)24(11)15-7-9-16(30-6)10-8-15/h7-10,13H,1-6H3. The van der Waals surface area contributed by atoms with Gasteiger partial charge in [-0.15, -0.1) is 0 Å². The molecular weight excluding hydrogens is 386 g/mol. The second kappa shape index (κ2) is 6.72. The van der Waals surface area contributed by atoms with Gasteiger partial charge < -0.3 is 4.74 Å². The van der Waals surface area contributed by atoms with E-state index in [0.29, 0.717) is 5.78 Å². The summed E-state index contributed by atoms with van der Waals surface area (Å²) in [5, 5.41) is 0. The van der Waals surface area contributed by atoms with Crippen LogP contribution in [0.1, 0.15) is 31.3 Å². The first-order chi connectivity index (χ1) is 14.2. The van der Waals surface area contributed by atoms with Gasteiger partial charge in [-0.3, -0.25) is 23.1 Å². The summed E-state index contributed by atoms with van der Waals surface area (Å²) in [5.41, 5.74) is 2.03. The predicted octanol–water partition coefficient (Wildman–Crippen LogP) is 1.91. The van der Waals surface area contributed by atoms with Gasteiger partial charge in [-0.05, 0) is 52.0 Å². The first kappa shape index (κ1) is 19.7. The Labute approximate surface area is 171 Å². The third kappa shape index (κ3) is 2.54. The molecule has 30 heavy (non-hydrogen) atoms. The van der Waals surface area contributed by atoms with Crippen molar-refractivity contribution in [3.63, 3.8) is 0 Å². The Morgan fingerprint density at radius 2 is 1.73 bits per heavy atom. The van der Waals surface area contributed by atoms with Crippen LogP contribution in [0.2, 0.25) is 0 Å². The quantitative estimate of drug-likeness (QED) is 0.513. The Morgan fingerprint density at radius 3 is 2.30 bits per heavy atom. The molecule has 1 aromatic carbocycles. The van der Waals surface area contributed by atoms with Crippen LogP contribution >= 0.6 is 0 Å². The van der Waals surface area contributed by atoms with E-state index in [2.05, 4.69) is 4.98 Å². The van der Waals surface area contributed by atoms with E-state index in [1.165, 1.54) is 11.5 Å². The lowest BCUT2D eigenvalue weighted by atomic mass is 10.2. The molecule has 3 aromatic heterocycles. The van der Waals surface area contributed by atoms with Gasteiger partial charge in [0, 0.05) is 24.1 Å². The Kier molecular flexibility index (Phi) is 4.41. The van der Waals surface area contributed by atoms with Crippen molar-refractivity contribution in [2.45, 2.75) is 33.7 Å². The normalized spacial score (nSPS) is 12.6. The number of aromatic nitrogens is 5. The average Bonchev–Trinajstić information content (AvgIpc) is 3.22. The molecule has 0 amide bonds. The molecule has 9 nitrogen and oxygen atoms in total. The number of methoxy groups -OCH3 is 1. The fraction of sp³-hybridized carbons (Fsp3) is 0.333. The van der Waals surface area contributed by atoms with Crippen LogP contribution in [0.4, 0.5) is 0 Å². The number of imidazole rings is 2. The molecule has 0 fully saturated rings. The zero-order valence-electron chi connectivity index (χ0n) is 17.8. The number of aryl methyl sites for hydroxylation is 2. The molecule has 4 aromatic rings. The number of ether oxygens (including phenoxy) is 1. The SMILES string of the molecule is COc1ccc(-n2c(C)c(C)n3c4c(=O)n(C(C)C(C)=O)c(=O)n(C)c4nc23)cc1. The van der Waals surface area contributed by atoms with E-state index < -0.39 is 17.3 Å². The number of hydrogen-bond donors (Lipinski definition) is 0. The summed E-state index contributed by atoms with van der Waals surface area (Å²) in [6, 6.07) is 6.64. The lowest BCUT2D eigenvalue weighted by Gasteiger charge is -2.12. The largest absolute Gasteiger partial charge is 0.497 e. The Hall–Kier alpha value is -3.62. The minimum absolute atomic E-state index is 0.266. The van der Waals surface area contributed by atoms with Gasteiger partial charge in [0.15, 0.2) is 16.9 Å². The van der Waals surface area contributed by atoms with Crippen LogP contribution in [-0.2, 0) is 11.8 Å². The third-order valence-corrected chi connectivity index (χ3v) is 5.77. The van der Waals surface area contributed by atoms with Gasteiger partial charge in [0.05, 0.1) is 13.2 Å². The summed E-state index contributed by atoms with van der Waals surface area (Å²) in [7, 11) is 3.16. The summed E-state index contributed by atoms with van der Waals surface area (Å²) in [4.78, 5) is 42.7. The smallest absolute Gasteiger partial charge is 0.333 e. The highest BCUT2D eigenvalue weighted by Crippen LogP contribution is 2.25. The number of rotatable bonds is 4. The molecule has 0 spiro atoms. The Morgan fingerprint density at radius 1 is 1.10 bits per heavy atom. The van der Waals surface area contributed by atoms with E-state index in [-0.39, 0.29) is 16.9 Å². The lowest BCUT2D eigenvalue weighted by molar-refractivity contribution is -0.119. The topological polar surface area (TPSA) is 92.5 Å². The number of carbonyl (C=O) groups is 1. The molecule has 0 aliphatic rings. The second-order valence-corrected chi connectivity index (χ2v) is 7.43. The zero-order valence-corrected chi connectivity index (χ0v) is 17.8. The Bertz CT molecular complexity index is 1430. The van der Waals surface area contributed by atoms with Crippen molar-refractivity contribution < 1.29 is 9.53 Å². The van der Waals surface area contributed by atoms with E-state index in [4.69, 9.17) is 4.74 Å². The van der Waals surface area contributed by atoms with E-state index in [0.717, 1.165) is 27.4 Å². The molecule has 3 heterocycles. The highest BCUT2D eigenvalue weighted by atomic mass is 16.5. The molecular formula is C21H23N5O4. The molecule has 0 bridgehead atoms. The molecule has 0 saturated carbocycles. The van der Waals surface area contributed by atoms with Gasteiger partial charge in [-0.25, -0.2) is 9.36 Å². The zero-order chi connectivity index (χ0) is 21.9. The van der Waals surface area contributed by atoms with Crippen LogP contribution in [0.5, 0.6) is 5.75 Å². The maximum atomic E-state index is 13.3. The summed E-state index contributed by atoms with van der Waals surface area (Å²) in [6.45, 7) is 6.75. The Balaban J connectivity index is 2.15. The van der Waals surface area contributed by atoms with Crippen LogP contribution in [0.15, 0.2) is 33.9 Å². The van der Waals surface area contributed by atoms with Crippen molar-refractivity contribution in [2.75, 3.05) is 7.11 Å². The minimum atomic E-state index is -0.865. The van der Waals surface area contributed by atoms with Gasteiger partial charge in [-0.2, -0.15) is 4.98 Å². The molecule has 0 saturated heterocycles. The van der Waals surface area contributed by atoms with E-state index in [1.54, 1.807) is 25.5 Å². The van der Waals surface area contributed by atoms with Crippen LogP contribution in [0.25, 0.3) is 22.6 Å². The van der Waals surface area contributed by atoms with Crippen molar-refractivity contribution >= 4 is 22.7 Å². The summed E-state index contributed by atoms with van der Waals surface area (Å²) < 4.78 is 11.2. The van der Waals surface area contributed by atoms with Gasteiger partial charge in [-0.1, -0.05) is 0 Å². The maximum Gasteiger partial charge on any atom is 0.333 e. The number of ketones is 1. The van der Waals surface area contributed by atoms with Crippen molar-refractivity contribution in [1.82, 2.24) is 23.1 Å². The van der Waals surface area contributed by atoms with Crippen molar-refractivity contribution in [1.29, 1.82) is 0 Å². The highest BCUT2D eigenvalue weighted by molar-refractivity contribution is 5.81. The number of nitrogens with zero attached hydrogens (tertiary/aromatic N) is 5. The summed E-state index contributed by atoms with van der Waals surface area (Å²) in [5.74, 6) is 0.983. The molecule has 4 rings (SSSR count). The van der Waals surface area contributed by atoms with E-state index in [9.17, 15) is 14.4 Å². The molecule has 1 atom stereocenters. The van der Waals surface area contributed by atoms with Crippen LogP contribution in [0.3, 0.4) is 0 Å². The molecule has 156 valence electrons. The van der Waals surface area contributed by atoms with Crippen LogP contribution in [0, 0.1) is 13.8 Å². The molecule has 0 aliphatic carbocycles. The van der Waals surface area contributed by atoms with E-state index in [1.807, 2.05) is 42.7 Å². The molecule has 1 unspecified atom stereocenters. The predicted molar refractivity (Wildman–Crippen MR) is 113 cm³/mol. The van der Waals surface area contributed by atoms with Crippen LogP contribution < -0.4 is 16.0 Å². The summed E-state index contributed by atoms with van der Waals surface area (Å²) in [6.07, 6.45) is 0. The number of fused-ring (bicyclic) bond motifs is 3. The van der Waals surface area contributed by atoms with Crippen LogP contribution in [-0.4, -0.2) is 36.0 Å². The molecule has 0 aliphatic heterocycles. The fourth-order valence-corrected chi connectivity index (χ4v) is 3.78. The monoisotopic (exact) mass is 409 g/mol. The van der Waals surface area contributed by atoms with Gasteiger partial charge in [0.25, 0.3) is 5.56 Å². The van der Waals surface area contributed by atoms with Crippen molar-refractivity contribution in [3.8, 4) is 11.4 Å². The lowest BCUT2D eigenvalue weighted by Crippen LogP contribution is -2.42. The number of benzene rings is 1. The van der Waals surface area contributed by atoms with Gasteiger partial charge in [0.2, 0.25) is 5.78 Å². The van der Waals surface area contributed by atoms with Crippen molar-refractivity contribution in [3.05, 3.63) is 56.5 Å². The highest BCUT2D eigenvalue weighted by Gasteiger charge is 2.25. The summed E-state index contributed by atoms with van der Waals surface area (Å²) >= 11 is 0. The first-order valence-electron chi connectivity index (χ1n) is 9.55.